The first-order chi connectivity index (χ1) is 14.5. The molecule has 3 aromatic rings. The zero-order valence-corrected chi connectivity index (χ0v) is 16.9. The Hall–Kier alpha value is -3.52. The first-order valence-electron chi connectivity index (χ1n) is 9.35. The van der Waals surface area contributed by atoms with E-state index in [1.807, 2.05) is 37.3 Å². The Morgan fingerprint density at radius 1 is 1.20 bits per heavy atom. The van der Waals surface area contributed by atoms with Gasteiger partial charge in [0.15, 0.2) is 23.5 Å². The van der Waals surface area contributed by atoms with Crippen LogP contribution in [0.15, 0.2) is 48.7 Å². The molecule has 8 nitrogen and oxygen atoms in total. The summed E-state index contributed by atoms with van der Waals surface area (Å²) >= 11 is 6.28. The zero-order valence-electron chi connectivity index (χ0n) is 16.2. The second-order valence-electron chi connectivity index (χ2n) is 6.71. The molecule has 0 bridgehead atoms. The highest BCUT2D eigenvalue weighted by molar-refractivity contribution is 6.33. The third-order valence-corrected chi connectivity index (χ3v) is 4.85. The topological polar surface area (TPSA) is 111 Å². The van der Waals surface area contributed by atoms with Crippen LogP contribution < -0.4 is 25.8 Å². The molecule has 4 rings (SSSR count). The van der Waals surface area contributed by atoms with Crippen molar-refractivity contribution in [2.24, 2.45) is 5.73 Å². The predicted octanol–water partition coefficient (Wildman–Crippen LogP) is 3.88. The van der Waals surface area contributed by atoms with Crippen LogP contribution in [-0.4, -0.2) is 28.7 Å². The molecule has 9 heteroatoms. The second kappa shape index (κ2) is 8.46. The van der Waals surface area contributed by atoms with Gasteiger partial charge in [-0.25, -0.2) is 4.98 Å². The summed E-state index contributed by atoms with van der Waals surface area (Å²) in [5, 5.41) is 6.56. The van der Waals surface area contributed by atoms with Crippen molar-refractivity contribution in [3.63, 3.8) is 0 Å². The fourth-order valence-corrected chi connectivity index (χ4v) is 3.22. The Balaban J connectivity index is 1.57. The molecule has 1 unspecified atom stereocenters. The van der Waals surface area contributed by atoms with E-state index in [2.05, 4.69) is 20.6 Å². The number of aryl methyl sites for hydroxylation is 1. The van der Waals surface area contributed by atoms with Crippen LogP contribution in [0, 0.1) is 6.92 Å². The maximum Gasteiger partial charge on any atom is 0.250 e. The summed E-state index contributed by atoms with van der Waals surface area (Å²) < 4.78 is 11.7. The van der Waals surface area contributed by atoms with Crippen LogP contribution in [-0.2, 0) is 0 Å². The molecule has 30 heavy (non-hydrogen) atoms. The molecule has 0 radical (unpaired) electrons. The van der Waals surface area contributed by atoms with Crippen molar-refractivity contribution >= 4 is 35.0 Å². The lowest BCUT2D eigenvalue weighted by atomic mass is 10.1. The van der Waals surface area contributed by atoms with E-state index < -0.39 is 5.91 Å². The van der Waals surface area contributed by atoms with Gasteiger partial charge in [-0.15, -0.1) is 0 Å². The minimum Gasteiger partial charge on any atom is -0.489 e. The van der Waals surface area contributed by atoms with Crippen LogP contribution >= 0.6 is 11.6 Å². The fraction of sp³-hybridized carbons (Fsp3) is 0.190. The van der Waals surface area contributed by atoms with Crippen molar-refractivity contribution < 1.29 is 14.3 Å². The number of fused-ring (bicyclic) bond motifs is 1. The Labute approximate surface area is 178 Å². The molecular formula is C21H20ClN5O3. The number of amides is 1. The number of benzene rings is 2. The van der Waals surface area contributed by atoms with Gasteiger partial charge in [0.25, 0.3) is 5.91 Å². The summed E-state index contributed by atoms with van der Waals surface area (Å²) in [4.78, 5) is 20.5. The Morgan fingerprint density at radius 3 is 2.80 bits per heavy atom. The summed E-state index contributed by atoms with van der Waals surface area (Å²) in [5.41, 5.74) is 7.22. The van der Waals surface area contributed by atoms with Crippen molar-refractivity contribution in [2.45, 2.75) is 19.6 Å². The number of aromatic nitrogens is 2. The van der Waals surface area contributed by atoms with Crippen LogP contribution in [0.3, 0.4) is 0 Å². The fourth-order valence-electron chi connectivity index (χ4n) is 3.08. The minimum atomic E-state index is -0.546. The highest BCUT2D eigenvalue weighted by Crippen LogP contribution is 2.31. The smallest absolute Gasteiger partial charge is 0.250 e. The molecule has 1 aliphatic rings. The molecule has 0 saturated carbocycles. The maximum absolute atomic E-state index is 11.8. The van der Waals surface area contributed by atoms with Gasteiger partial charge in [0.2, 0.25) is 5.95 Å². The van der Waals surface area contributed by atoms with Crippen LogP contribution in [0.2, 0.25) is 5.02 Å². The van der Waals surface area contributed by atoms with Crippen LogP contribution in [0.4, 0.5) is 17.5 Å². The number of nitrogens with zero attached hydrogens (tertiary/aromatic N) is 2. The van der Waals surface area contributed by atoms with Crippen molar-refractivity contribution in [3.05, 3.63) is 64.8 Å². The lowest BCUT2D eigenvalue weighted by molar-refractivity contribution is 0.100. The summed E-state index contributed by atoms with van der Waals surface area (Å²) in [5.74, 6) is 1.46. The number of hydrogen-bond acceptors (Lipinski definition) is 7. The average Bonchev–Trinajstić information content (AvgIpc) is 2.93. The largest absolute Gasteiger partial charge is 0.489 e. The van der Waals surface area contributed by atoms with Crippen molar-refractivity contribution in [3.8, 4) is 11.5 Å². The summed E-state index contributed by atoms with van der Waals surface area (Å²) in [7, 11) is 0. The van der Waals surface area contributed by atoms with Gasteiger partial charge in [-0.05, 0) is 30.7 Å². The van der Waals surface area contributed by atoms with E-state index in [-0.39, 0.29) is 6.23 Å². The molecule has 4 N–H and O–H groups in total. The van der Waals surface area contributed by atoms with Gasteiger partial charge >= 0.3 is 0 Å². The third kappa shape index (κ3) is 4.23. The molecule has 1 aliphatic heterocycles. The first-order valence-corrected chi connectivity index (χ1v) is 9.73. The molecule has 2 aromatic carbocycles. The molecular weight excluding hydrogens is 406 g/mol. The molecule has 1 amide bonds. The van der Waals surface area contributed by atoms with Gasteiger partial charge < -0.3 is 25.8 Å². The lowest BCUT2D eigenvalue weighted by Gasteiger charge is -2.18. The van der Waals surface area contributed by atoms with E-state index in [0.29, 0.717) is 52.6 Å². The minimum absolute atomic E-state index is 0.301. The number of halogens is 1. The Morgan fingerprint density at radius 2 is 2.00 bits per heavy atom. The molecule has 2 heterocycles. The van der Waals surface area contributed by atoms with Crippen molar-refractivity contribution in [1.29, 1.82) is 0 Å². The van der Waals surface area contributed by atoms with E-state index in [9.17, 15) is 4.79 Å². The predicted molar refractivity (Wildman–Crippen MR) is 115 cm³/mol. The first kappa shape index (κ1) is 19.8. The van der Waals surface area contributed by atoms with Gasteiger partial charge in [0, 0.05) is 6.42 Å². The molecule has 0 aliphatic carbocycles. The number of carbonyl (C=O) groups excluding carboxylic acids is 1. The zero-order chi connectivity index (χ0) is 21.1. The highest BCUT2D eigenvalue weighted by atomic mass is 35.5. The Bertz CT molecular complexity index is 1090. The quantitative estimate of drug-likeness (QED) is 0.568. The number of primary amides is 1. The van der Waals surface area contributed by atoms with Gasteiger partial charge in [-0.1, -0.05) is 35.9 Å². The second-order valence-corrected chi connectivity index (χ2v) is 7.12. The van der Waals surface area contributed by atoms with E-state index >= 15 is 0 Å². The number of nitrogens with one attached hydrogen (secondary N) is 2. The summed E-state index contributed by atoms with van der Waals surface area (Å²) in [6, 6.07) is 12.7. The molecule has 1 atom stereocenters. The molecule has 0 saturated heterocycles. The standard InChI is InChI=1S/C21H20ClN5O3/c1-12-5-4-6-13(19(23)28)18(12)26-20-14(22)11-24-21(27-20)25-17-9-10-29-15-7-2-3-8-16(15)30-17/h2-8,11,17H,9-10H2,1H3,(H2,23,28)(H2,24,25,26,27). The van der Waals surface area contributed by atoms with Crippen LogP contribution in [0.1, 0.15) is 22.3 Å². The lowest BCUT2D eigenvalue weighted by Crippen LogP contribution is -2.28. The van der Waals surface area contributed by atoms with E-state index in [0.717, 1.165) is 5.56 Å². The SMILES string of the molecule is Cc1cccc(C(N)=O)c1Nc1nc(NC2CCOc3ccccc3O2)ncc1Cl. The summed E-state index contributed by atoms with van der Waals surface area (Å²) in [6.07, 6.45) is 1.68. The molecule has 0 fully saturated rings. The van der Waals surface area contributed by atoms with Crippen LogP contribution in [0.25, 0.3) is 0 Å². The van der Waals surface area contributed by atoms with E-state index in [1.54, 1.807) is 12.1 Å². The van der Waals surface area contributed by atoms with Gasteiger partial charge in [0.05, 0.1) is 24.1 Å². The van der Waals surface area contributed by atoms with E-state index in [1.165, 1.54) is 6.20 Å². The van der Waals surface area contributed by atoms with Crippen LogP contribution in [0.5, 0.6) is 11.5 Å². The maximum atomic E-state index is 11.8. The van der Waals surface area contributed by atoms with Crippen molar-refractivity contribution in [2.75, 3.05) is 17.2 Å². The molecule has 0 spiro atoms. The Kier molecular flexibility index (Phi) is 5.58. The normalized spacial score (nSPS) is 15.2. The number of ether oxygens (including phenoxy) is 2. The van der Waals surface area contributed by atoms with Gasteiger partial charge in [0.1, 0.15) is 5.02 Å². The number of carbonyl (C=O) groups is 1. The number of rotatable bonds is 5. The number of para-hydroxylation sites is 3. The number of anilines is 3. The number of hydrogen-bond donors (Lipinski definition) is 3. The third-order valence-electron chi connectivity index (χ3n) is 4.57. The van der Waals surface area contributed by atoms with Gasteiger partial charge in [-0.3, -0.25) is 4.79 Å². The monoisotopic (exact) mass is 425 g/mol. The summed E-state index contributed by atoms with van der Waals surface area (Å²) in [6.45, 7) is 2.35. The number of nitrogens with two attached hydrogens (primary N) is 1. The van der Waals surface area contributed by atoms with Gasteiger partial charge in [-0.2, -0.15) is 4.98 Å². The molecule has 154 valence electrons. The van der Waals surface area contributed by atoms with Crippen molar-refractivity contribution in [1.82, 2.24) is 9.97 Å². The highest BCUT2D eigenvalue weighted by Gasteiger charge is 2.20. The van der Waals surface area contributed by atoms with E-state index in [4.69, 9.17) is 26.8 Å². The molecule has 1 aromatic heterocycles. The average molecular weight is 426 g/mol.